The topological polar surface area (TPSA) is 100 Å². The van der Waals surface area contributed by atoms with Gasteiger partial charge in [0.2, 0.25) is 0 Å². The highest BCUT2D eigenvalue weighted by Gasteiger charge is 2.29. The van der Waals surface area contributed by atoms with Crippen LogP contribution in [0, 0.1) is 5.41 Å². The molecule has 0 aromatic carbocycles. The number of aliphatic hydroxyl groups is 1. The van der Waals surface area contributed by atoms with E-state index in [1.165, 1.54) is 0 Å². The van der Waals surface area contributed by atoms with Crippen molar-refractivity contribution in [2.45, 2.75) is 45.1 Å². The van der Waals surface area contributed by atoms with Crippen LogP contribution in [-0.2, 0) is 4.74 Å². The third-order valence-electron chi connectivity index (χ3n) is 3.83. The van der Waals surface area contributed by atoms with Gasteiger partial charge in [0.25, 0.3) is 0 Å². The van der Waals surface area contributed by atoms with Crippen LogP contribution < -0.4 is 11.1 Å². The predicted octanol–water partition coefficient (Wildman–Crippen LogP) is 0.670. The first-order valence-corrected chi connectivity index (χ1v) is 6.88. The SMILES string of the molecule is CC(C)(CCCNCC1(O)CCOCC1)C(N)=NO. The molecule has 0 bridgehead atoms. The summed E-state index contributed by atoms with van der Waals surface area (Å²) in [7, 11) is 0. The van der Waals surface area contributed by atoms with Crippen molar-refractivity contribution < 1.29 is 15.1 Å². The van der Waals surface area contributed by atoms with Gasteiger partial charge in [-0.3, -0.25) is 0 Å². The molecule has 1 fully saturated rings. The van der Waals surface area contributed by atoms with E-state index in [-0.39, 0.29) is 11.3 Å². The van der Waals surface area contributed by atoms with Gasteiger partial charge in [0.1, 0.15) is 5.84 Å². The quantitative estimate of drug-likeness (QED) is 0.180. The molecule has 19 heavy (non-hydrogen) atoms. The molecule has 1 saturated heterocycles. The molecule has 0 unspecified atom stereocenters. The molecule has 1 aliphatic heterocycles. The van der Waals surface area contributed by atoms with Crippen LogP contribution in [0.3, 0.4) is 0 Å². The van der Waals surface area contributed by atoms with E-state index in [1.54, 1.807) is 0 Å². The van der Waals surface area contributed by atoms with E-state index in [2.05, 4.69) is 10.5 Å². The summed E-state index contributed by atoms with van der Waals surface area (Å²) in [5, 5.41) is 25.3. The zero-order chi connectivity index (χ0) is 14.4. The molecular weight excluding hydrogens is 246 g/mol. The van der Waals surface area contributed by atoms with Crippen molar-refractivity contribution in [3.63, 3.8) is 0 Å². The molecule has 0 aromatic heterocycles. The third kappa shape index (κ3) is 5.34. The first kappa shape index (κ1) is 16.2. The molecule has 6 heteroatoms. The van der Waals surface area contributed by atoms with Crippen molar-refractivity contribution in [2.75, 3.05) is 26.3 Å². The number of hydrogen-bond acceptors (Lipinski definition) is 5. The largest absolute Gasteiger partial charge is 0.409 e. The molecule has 0 aliphatic carbocycles. The average Bonchev–Trinajstić information content (AvgIpc) is 2.38. The Morgan fingerprint density at radius 1 is 1.42 bits per heavy atom. The van der Waals surface area contributed by atoms with Crippen molar-refractivity contribution in [2.24, 2.45) is 16.3 Å². The average molecular weight is 273 g/mol. The maximum Gasteiger partial charge on any atom is 0.144 e. The Bertz CT molecular complexity index is 300. The fourth-order valence-corrected chi connectivity index (χ4v) is 2.17. The Morgan fingerprint density at radius 3 is 2.63 bits per heavy atom. The lowest BCUT2D eigenvalue weighted by Gasteiger charge is -2.32. The first-order valence-electron chi connectivity index (χ1n) is 6.88. The number of amidine groups is 1. The molecule has 0 radical (unpaired) electrons. The fourth-order valence-electron chi connectivity index (χ4n) is 2.17. The Hall–Kier alpha value is -0.850. The lowest BCUT2D eigenvalue weighted by Crippen LogP contribution is -2.45. The van der Waals surface area contributed by atoms with E-state index in [0.717, 1.165) is 19.4 Å². The van der Waals surface area contributed by atoms with Crippen LogP contribution in [0.1, 0.15) is 39.5 Å². The minimum absolute atomic E-state index is 0.260. The zero-order valence-electron chi connectivity index (χ0n) is 12.0. The van der Waals surface area contributed by atoms with Gasteiger partial charge in [-0.15, -0.1) is 0 Å². The molecule has 0 amide bonds. The highest BCUT2D eigenvalue weighted by Crippen LogP contribution is 2.22. The van der Waals surface area contributed by atoms with Gasteiger partial charge in [-0.05, 0) is 19.4 Å². The Balaban J connectivity index is 2.17. The summed E-state index contributed by atoms with van der Waals surface area (Å²) in [4.78, 5) is 0. The number of hydrogen-bond donors (Lipinski definition) is 4. The maximum atomic E-state index is 10.2. The molecule has 6 nitrogen and oxygen atoms in total. The Kier molecular flexibility index (Phi) is 6.03. The van der Waals surface area contributed by atoms with Gasteiger partial charge in [-0.1, -0.05) is 19.0 Å². The second-order valence-electron chi connectivity index (χ2n) is 5.99. The van der Waals surface area contributed by atoms with Gasteiger partial charge in [0.15, 0.2) is 0 Å². The highest BCUT2D eigenvalue weighted by molar-refractivity contribution is 5.85. The van der Waals surface area contributed by atoms with Crippen LogP contribution in [0.25, 0.3) is 0 Å². The van der Waals surface area contributed by atoms with Gasteiger partial charge in [0.05, 0.1) is 5.60 Å². The van der Waals surface area contributed by atoms with Gasteiger partial charge >= 0.3 is 0 Å². The number of nitrogens with zero attached hydrogens (tertiary/aromatic N) is 1. The molecule has 5 N–H and O–H groups in total. The zero-order valence-corrected chi connectivity index (χ0v) is 12.0. The molecule has 1 heterocycles. The van der Waals surface area contributed by atoms with E-state index >= 15 is 0 Å². The van der Waals surface area contributed by atoms with Crippen molar-refractivity contribution in [1.82, 2.24) is 5.32 Å². The van der Waals surface area contributed by atoms with Crippen molar-refractivity contribution >= 4 is 5.84 Å². The lowest BCUT2D eigenvalue weighted by atomic mass is 9.86. The summed E-state index contributed by atoms with van der Waals surface area (Å²) in [6, 6.07) is 0. The monoisotopic (exact) mass is 273 g/mol. The molecule has 1 aliphatic rings. The molecule has 0 spiro atoms. The number of ether oxygens (including phenoxy) is 1. The van der Waals surface area contributed by atoms with E-state index in [9.17, 15) is 5.11 Å². The third-order valence-corrected chi connectivity index (χ3v) is 3.83. The highest BCUT2D eigenvalue weighted by atomic mass is 16.5. The van der Waals surface area contributed by atoms with Crippen molar-refractivity contribution in [3.8, 4) is 0 Å². The summed E-state index contributed by atoms with van der Waals surface area (Å²) in [5.74, 6) is 0.260. The van der Waals surface area contributed by atoms with Gasteiger partial charge in [0, 0.05) is 38.0 Å². The second kappa shape index (κ2) is 7.07. The summed E-state index contributed by atoms with van der Waals surface area (Å²) < 4.78 is 5.24. The van der Waals surface area contributed by atoms with Gasteiger partial charge in [-0.25, -0.2) is 0 Å². The molecular formula is C13H27N3O3. The normalized spacial score (nSPS) is 20.5. The van der Waals surface area contributed by atoms with E-state index in [0.29, 0.717) is 32.6 Å². The maximum absolute atomic E-state index is 10.2. The van der Waals surface area contributed by atoms with Crippen LogP contribution in [-0.4, -0.2) is 48.1 Å². The Morgan fingerprint density at radius 2 is 2.05 bits per heavy atom. The molecule has 0 atom stereocenters. The van der Waals surface area contributed by atoms with Crippen LogP contribution in [0.2, 0.25) is 0 Å². The first-order chi connectivity index (χ1) is 8.90. The van der Waals surface area contributed by atoms with Crippen molar-refractivity contribution in [1.29, 1.82) is 0 Å². The smallest absolute Gasteiger partial charge is 0.144 e. The lowest BCUT2D eigenvalue weighted by molar-refractivity contribution is -0.0614. The number of nitrogens with one attached hydrogen (secondary N) is 1. The standard InChI is InChI=1S/C13H27N3O3/c1-12(2,11(14)16-18)4-3-7-15-10-13(17)5-8-19-9-6-13/h15,17-18H,3-10H2,1-2H3,(H2,14,16). The molecule has 0 saturated carbocycles. The number of nitrogens with two attached hydrogens (primary N) is 1. The summed E-state index contributed by atoms with van der Waals surface area (Å²) in [6.07, 6.45) is 3.12. The molecule has 1 rings (SSSR count). The van der Waals surface area contributed by atoms with E-state index in [4.69, 9.17) is 15.7 Å². The van der Waals surface area contributed by atoms with Crippen LogP contribution in [0.4, 0.5) is 0 Å². The number of oxime groups is 1. The summed E-state index contributed by atoms with van der Waals surface area (Å²) >= 11 is 0. The molecule has 0 aromatic rings. The van der Waals surface area contributed by atoms with Crippen LogP contribution in [0.5, 0.6) is 0 Å². The van der Waals surface area contributed by atoms with E-state index in [1.807, 2.05) is 13.8 Å². The van der Waals surface area contributed by atoms with Crippen molar-refractivity contribution in [3.05, 3.63) is 0 Å². The predicted molar refractivity (Wildman–Crippen MR) is 74.3 cm³/mol. The molecule has 112 valence electrons. The van der Waals surface area contributed by atoms with Gasteiger partial charge < -0.3 is 26.1 Å². The van der Waals surface area contributed by atoms with Crippen LogP contribution in [0.15, 0.2) is 5.16 Å². The van der Waals surface area contributed by atoms with Crippen LogP contribution >= 0.6 is 0 Å². The summed E-state index contributed by atoms with van der Waals surface area (Å²) in [5.41, 5.74) is 4.70. The minimum atomic E-state index is -0.626. The summed E-state index contributed by atoms with van der Waals surface area (Å²) in [6.45, 7) is 6.58. The fraction of sp³-hybridized carbons (Fsp3) is 0.923. The second-order valence-corrected chi connectivity index (χ2v) is 5.99. The Labute approximate surface area is 115 Å². The van der Waals surface area contributed by atoms with E-state index < -0.39 is 5.60 Å². The minimum Gasteiger partial charge on any atom is -0.409 e. The van der Waals surface area contributed by atoms with Gasteiger partial charge in [-0.2, -0.15) is 0 Å². The number of rotatable bonds is 7.